The Morgan fingerprint density at radius 3 is 2.71 bits per heavy atom. The zero-order chi connectivity index (χ0) is 24.6. The molecule has 2 amide bonds. The van der Waals surface area contributed by atoms with E-state index in [1.807, 2.05) is 45.9 Å². The lowest BCUT2D eigenvalue weighted by atomic mass is 9.80. The van der Waals surface area contributed by atoms with Gasteiger partial charge < -0.3 is 24.2 Å². The van der Waals surface area contributed by atoms with Crippen LogP contribution in [0.3, 0.4) is 0 Å². The van der Waals surface area contributed by atoms with E-state index < -0.39 is 5.60 Å². The summed E-state index contributed by atoms with van der Waals surface area (Å²) in [6.45, 7) is 9.96. The number of nitrogens with one attached hydrogen (secondary N) is 1. The third kappa shape index (κ3) is 5.49. The molecule has 1 aromatic carbocycles. The van der Waals surface area contributed by atoms with Crippen LogP contribution in [0.4, 0.5) is 4.79 Å². The highest BCUT2D eigenvalue weighted by atomic mass is 35.5. The topological polar surface area (TPSA) is 93.9 Å². The lowest BCUT2D eigenvalue weighted by Crippen LogP contribution is -2.40. The smallest absolute Gasteiger partial charge is 0.410 e. The first-order valence-corrected chi connectivity index (χ1v) is 12.1. The van der Waals surface area contributed by atoms with Gasteiger partial charge in [0, 0.05) is 32.0 Å². The Hall–Kier alpha value is -2.74. The maximum Gasteiger partial charge on any atom is 0.410 e. The predicted octanol–water partition coefficient (Wildman–Crippen LogP) is 5.14. The van der Waals surface area contributed by atoms with Crippen molar-refractivity contribution in [2.45, 2.75) is 84.1 Å². The number of carbonyl (C=O) groups excluding carboxylic acids is 2. The molecule has 0 unspecified atom stereocenters. The van der Waals surface area contributed by atoms with E-state index in [-0.39, 0.29) is 30.1 Å². The summed E-state index contributed by atoms with van der Waals surface area (Å²) >= 11 is 6.70. The molecule has 1 aromatic heterocycles. The molecule has 1 saturated carbocycles. The zero-order valence-corrected chi connectivity index (χ0v) is 21.1. The SMILES string of the molecule is CC(=O)N[C@@H](C)c1cc(C2CC(Oc3ccc4c(c3Cl)CCN(C(=O)OC(C)(C)C)C4)C2)no1. The minimum absolute atomic E-state index is 0.0512. The number of halogens is 1. The Morgan fingerprint density at radius 2 is 2.03 bits per heavy atom. The molecule has 34 heavy (non-hydrogen) atoms. The summed E-state index contributed by atoms with van der Waals surface area (Å²) in [6, 6.07) is 5.56. The minimum atomic E-state index is -0.523. The monoisotopic (exact) mass is 489 g/mol. The van der Waals surface area contributed by atoms with Crippen LogP contribution in [0.5, 0.6) is 5.75 Å². The number of rotatable bonds is 5. The second-order valence-electron chi connectivity index (χ2n) is 10.2. The van der Waals surface area contributed by atoms with Gasteiger partial charge >= 0.3 is 6.09 Å². The molecule has 2 aliphatic rings. The second-order valence-corrected chi connectivity index (χ2v) is 10.5. The number of ether oxygens (including phenoxy) is 2. The molecule has 1 fully saturated rings. The molecular formula is C25H32ClN3O5. The van der Waals surface area contributed by atoms with Crippen LogP contribution >= 0.6 is 11.6 Å². The van der Waals surface area contributed by atoms with Crippen molar-refractivity contribution in [3.63, 3.8) is 0 Å². The quantitative estimate of drug-likeness (QED) is 0.624. The molecule has 4 rings (SSSR count). The first-order valence-electron chi connectivity index (χ1n) is 11.7. The van der Waals surface area contributed by atoms with Gasteiger partial charge in [0.25, 0.3) is 0 Å². The van der Waals surface area contributed by atoms with Crippen LogP contribution < -0.4 is 10.1 Å². The number of amides is 2. The molecular weight excluding hydrogens is 458 g/mol. The van der Waals surface area contributed by atoms with E-state index in [4.69, 9.17) is 25.6 Å². The Kier molecular flexibility index (Phi) is 6.80. The average molecular weight is 490 g/mol. The first-order chi connectivity index (χ1) is 16.0. The van der Waals surface area contributed by atoms with Gasteiger partial charge in [-0.25, -0.2) is 4.79 Å². The van der Waals surface area contributed by atoms with E-state index in [2.05, 4.69) is 10.5 Å². The number of carbonyl (C=O) groups is 2. The first kappa shape index (κ1) is 24.4. The van der Waals surface area contributed by atoms with E-state index in [1.165, 1.54) is 6.92 Å². The standard InChI is InChI=1S/C25H32ClN3O5/c1-14(27-15(2)30)22-12-20(28-34-22)17-10-18(11-17)32-21-7-6-16-13-29(9-8-19(16)23(21)26)24(31)33-25(3,4)5/h6-7,12,14,17-18H,8-11,13H2,1-5H3,(H,27,30)/t14-,17?,18?/m0/s1. The van der Waals surface area contributed by atoms with E-state index in [0.29, 0.717) is 36.0 Å². The van der Waals surface area contributed by atoms with E-state index in [1.54, 1.807) is 4.90 Å². The summed E-state index contributed by atoms with van der Waals surface area (Å²) in [5.41, 5.74) is 2.41. The molecule has 2 heterocycles. The maximum atomic E-state index is 12.4. The molecule has 0 saturated heterocycles. The third-order valence-corrected chi connectivity index (χ3v) is 6.56. The van der Waals surface area contributed by atoms with Crippen LogP contribution in [0, 0.1) is 0 Å². The highest BCUT2D eigenvalue weighted by molar-refractivity contribution is 6.33. The summed E-state index contributed by atoms with van der Waals surface area (Å²) in [7, 11) is 0. The van der Waals surface area contributed by atoms with Crippen LogP contribution in [-0.2, 0) is 22.5 Å². The molecule has 1 N–H and O–H groups in total. The van der Waals surface area contributed by atoms with Crippen LogP contribution in [0.25, 0.3) is 0 Å². The fourth-order valence-corrected chi connectivity index (χ4v) is 4.65. The third-order valence-electron chi connectivity index (χ3n) is 6.15. The van der Waals surface area contributed by atoms with Crippen molar-refractivity contribution in [1.29, 1.82) is 0 Å². The van der Waals surface area contributed by atoms with Crippen molar-refractivity contribution in [2.75, 3.05) is 6.54 Å². The predicted molar refractivity (Wildman–Crippen MR) is 127 cm³/mol. The molecule has 0 spiro atoms. The van der Waals surface area contributed by atoms with Crippen molar-refractivity contribution in [3.8, 4) is 5.75 Å². The average Bonchev–Trinajstić information content (AvgIpc) is 3.19. The minimum Gasteiger partial charge on any atom is -0.489 e. The van der Waals surface area contributed by atoms with Gasteiger partial charge in [0.1, 0.15) is 17.5 Å². The van der Waals surface area contributed by atoms with Crippen LogP contribution in [0.2, 0.25) is 5.02 Å². The lowest BCUT2D eigenvalue weighted by Gasteiger charge is -2.35. The summed E-state index contributed by atoms with van der Waals surface area (Å²) in [6.07, 6.45) is 2.04. The molecule has 2 aromatic rings. The lowest BCUT2D eigenvalue weighted by molar-refractivity contribution is -0.119. The van der Waals surface area contributed by atoms with Crippen LogP contribution in [-0.4, -0.2) is 40.3 Å². The van der Waals surface area contributed by atoms with Gasteiger partial charge in [0.15, 0.2) is 5.76 Å². The second kappa shape index (κ2) is 9.49. The Bertz CT molecular complexity index is 1070. The Labute approximate surface area is 204 Å². The van der Waals surface area contributed by atoms with Gasteiger partial charge in [-0.1, -0.05) is 22.8 Å². The number of hydrogen-bond donors (Lipinski definition) is 1. The number of aromatic nitrogens is 1. The molecule has 0 radical (unpaired) electrons. The molecule has 9 heteroatoms. The molecule has 1 aliphatic heterocycles. The number of nitrogens with zero attached hydrogens (tertiary/aromatic N) is 2. The van der Waals surface area contributed by atoms with Gasteiger partial charge in [-0.15, -0.1) is 0 Å². The normalized spacial score (nSPS) is 20.7. The molecule has 8 nitrogen and oxygen atoms in total. The number of benzene rings is 1. The molecule has 0 bridgehead atoms. The van der Waals surface area contributed by atoms with Gasteiger partial charge in [-0.3, -0.25) is 4.79 Å². The van der Waals surface area contributed by atoms with E-state index >= 15 is 0 Å². The van der Waals surface area contributed by atoms with Crippen LogP contribution in [0.1, 0.15) is 82.0 Å². The van der Waals surface area contributed by atoms with Crippen molar-refractivity contribution < 1.29 is 23.6 Å². The van der Waals surface area contributed by atoms with Crippen LogP contribution in [0.15, 0.2) is 22.7 Å². The fourth-order valence-electron chi connectivity index (χ4n) is 4.32. The highest BCUT2D eigenvalue weighted by Gasteiger charge is 2.35. The largest absolute Gasteiger partial charge is 0.489 e. The zero-order valence-electron chi connectivity index (χ0n) is 20.3. The van der Waals surface area contributed by atoms with Crippen molar-refractivity contribution in [3.05, 3.63) is 45.8 Å². The van der Waals surface area contributed by atoms with Crippen molar-refractivity contribution in [1.82, 2.24) is 15.4 Å². The van der Waals surface area contributed by atoms with Gasteiger partial charge in [-0.2, -0.15) is 0 Å². The summed E-state index contributed by atoms with van der Waals surface area (Å²) in [5, 5.41) is 7.60. The van der Waals surface area contributed by atoms with Crippen molar-refractivity contribution in [2.24, 2.45) is 0 Å². The molecule has 1 aliphatic carbocycles. The van der Waals surface area contributed by atoms with Gasteiger partial charge in [0.05, 0.1) is 16.8 Å². The number of fused-ring (bicyclic) bond motifs is 1. The number of hydrogen-bond acceptors (Lipinski definition) is 6. The Balaban J connectivity index is 1.33. The van der Waals surface area contributed by atoms with Gasteiger partial charge in [0.2, 0.25) is 5.91 Å². The molecule has 184 valence electrons. The maximum absolute atomic E-state index is 12.4. The van der Waals surface area contributed by atoms with Crippen molar-refractivity contribution >= 4 is 23.6 Å². The van der Waals surface area contributed by atoms with E-state index in [9.17, 15) is 9.59 Å². The Morgan fingerprint density at radius 1 is 1.29 bits per heavy atom. The highest BCUT2D eigenvalue weighted by Crippen LogP contribution is 2.42. The fraction of sp³-hybridized carbons (Fsp3) is 0.560. The molecule has 1 atom stereocenters. The van der Waals surface area contributed by atoms with E-state index in [0.717, 1.165) is 29.7 Å². The summed E-state index contributed by atoms with van der Waals surface area (Å²) in [5.74, 6) is 1.47. The summed E-state index contributed by atoms with van der Waals surface area (Å²) in [4.78, 5) is 25.4. The van der Waals surface area contributed by atoms with Gasteiger partial charge in [-0.05, 0) is 64.2 Å². The summed E-state index contributed by atoms with van der Waals surface area (Å²) < 4.78 is 17.1.